The molecule has 25 heavy (non-hydrogen) atoms. The number of anilines is 1. The Kier molecular flexibility index (Phi) is 4.06. The van der Waals surface area contributed by atoms with E-state index in [1.54, 1.807) is 30.3 Å². The van der Waals surface area contributed by atoms with Crippen LogP contribution < -0.4 is 5.32 Å². The first-order valence-electron chi connectivity index (χ1n) is 7.99. The molecule has 0 bridgehead atoms. The summed E-state index contributed by atoms with van der Waals surface area (Å²) in [5.41, 5.74) is 1.60. The van der Waals surface area contributed by atoms with Crippen molar-refractivity contribution in [3.8, 4) is 0 Å². The van der Waals surface area contributed by atoms with Crippen molar-refractivity contribution in [1.29, 1.82) is 0 Å². The molecule has 0 saturated heterocycles. The van der Waals surface area contributed by atoms with Crippen molar-refractivity contribution >= 4 is 52.2 Å². The Hall–Kier alpha value is -1.55. The van der Waals surface area contributed by atoms with Gasteiger partial charge in [-0.25, -0.2) is 0 Å². The normalized spacial score (nSPS) is 25.2. The van der Waals surface area contributed by atoms with Crippen molar-refractivity contribution in [1.82, 2.24) is 0 Å². The fourth-order valence-electron chi connectivity index (χ4n) is 4.15. The maximum Gasteiger partial charge on any atom is 0.235 e. The summed E-state index contributed by atoms with van der Waals surface area (Å²) in [6, 6.07) is 10.6. The molecule has 1 saturated carbocycles. The minimum absolute atomic E-state index is 0.0987. The molecule has 2 aliphatic rings. The fraction of sp³-hybridized carbons (Fsp3) is 0.263. The highest BCUT2D eigenvalue weighted by Gasteiger charge is 2.55. The number of benzene rings is 2. The molecular formula is C19H14Cl3NO2. The van der Waals surface area contributed by atoms with Crippen LogP contribution in [0.1, 0.15) is 36.3 Å². The van der Waals surface area contributed by atoms with Gasteiger partial charge in [0.25, 0.3) is 0 Å². The molecule has 1 aliphatic carbocycles. The van der Waals surface area contributed by atoms with Gasteiger partial charge in [-0.3, -0.25) is 9.59 Å². The smallest absolute Gasteiger partial charge is 0.235 e. The first kappa shape index (κ1) is 16.9. The summed E-state index contributed by atoms with van der Waals surface area (Å²) in [6.45, 7) is 0. The van der Waals surface area contributed by atoms with Gasteiger partial charge in [0, 0.05) is 39.5 Å². The van der Waals surface area contributed by atoms with Gasteiger partial charge in [0.15, 0.2) is 0 Å². The third-order valence-corrected chi connectivity index (χ3v) is 5.90. The predicted molar refractivity (Wildman–Crippen MR) is 99.8 cm³/mol. The van der Waals surface area contributed by atoms with Crippen molar-refractivity contribution in [2.45, 2.75) is 30.6 Å². The highest BCUT2D eigenvalue weighted by atomic mass is 35.5. The van der Waals surface area contributed by atoms with Crippen LogP contribution in [0.2, 0.25) is 15.1 Å². The molecular weight excluding hydrogens is 381 g/mol. The van der Waals surface area contributed by atoms with Crippen LogP contribution in [-0.4, -0.2) is 11.7 Å². The van der Waals surface area contributed by atoms with Gasteiger partial charge in [-0.15, -0.1) is 0 Å². The molecule has 1 N–H and O–H groups in total. The van der Waals surface area contributed by atoms with Gasteiger partial charge in [-0.05, 0) is 47.9 Å². The third kappa shape index (κ3) is 2.66. The number of Topliss-reactive ketones (excluding diaryl/α,β-unsaturated/α-hetero) is 1. The van der Waals surface area contributed by atoms with Crippen LogP contribution in [0.4, 0.5) is 5.69 Å². The molecule has 1 fully saturated rings. The molecule has 1 aliphatic heterocycles. The molecule has 2 atom stereocenters. The second-order valence-electron chi connectivity index (χ2n) is 6.61. The van der Waals surface area contributed by atoms with Gasteiger partial charge in [-0.2, -0.15) is 0 Å². The average molecular weight is 395 g/mol. The van der Waals surface area contributed by atoms with Crippen LogP contribution in [0.25, 0.3) is 0 Å². The fourth-order valence-corrected chi connectivity index (χ4v) is 4.87. The number of carbonyl (C=O) groups is 2. The van der Waals surface area contributed by atoms with E-state index in [0.717, 1.165) is 11.1 Å². The zero-order chi connectivity index (χ0) is 17.8. The lowest BCUT2D eigenvalue weighted by Crippen LogP contribution is -2.44. The minimum atomic E-state index is -0.804. The van der Waals surface area contributed by atoms with E-state index in [1.807, 2.05) is 6.07 Å². The molecule has 1 heterocycles. The molecule has 0 unspecified atom stereocenters. The van der Waals surface area contributed by atoms with E-state index in [0.29, 0.717) is 33.6 Å². The lowest BCUT2D eigenvalue weighted by molar-refractivity contribution is -0.127. The zero-order valence-electron chi connectivity index (χ0n) is 13.1. The predicted octanol–water partition coefficient (Wildman–Crippen LogP) is 5.37. The van der Waals surface area contributed by atoms with E-state index in [-0.39, 0.29) is 24.0 Å². The Balaban J connectivity index is 1.92. The van der Waals surface area contributed by atoms with Gasteiger partial charge >= 0.3 is 0 Å². The monoisotopic (exact) mass is 393 g/mol. The summed E-state index contributed by atoms with van der Waals surface area (Å²) in [6.07, 6.45) is 1.12. The van der Waals surface area contributed by atoms with Gasteiger partial charge in [-0.1, -0.05) is 40.9 Å². The molecule has 0 aromatic heterocycles. The Morgan fingerprint density at radius 1 is 0.960 bits per heavy atom. The topological polar surface area (TPSA) is 46.2 Å². The summed E-state index contributed by atoms with van der Waals surface area (Å²) in [7, 11) is 0. The molecule has 2 aromatic carbocycles. The molecule has 0 radical (unpaired) electrons. The van der Waals surface area contributed by atoms with Crippen LogP contribution >= 0.6 is 34.8 Å². The van der Waals surface area contributed by atoms with E-state index >= 15 is 0 Å². The highest BCUT2D eigenvalue weighted by Crippen LogP contribution is 2.54. The molecule has 2 aromatic rings. The maximum atomic E-state index is 13.0. The number of nitrogens with one attached hydrogen (secondary N) is 1. The number of fused-ring (bicyclic) bond motifs is 2. The minimum Gasteiger partial charge on any atom is -0.325 e. The van der Waals surface area contributed by atoms with E-state index in [9.17, 15) is 9.59 Å². The van der Waals surface area contributed by atoms with E-state index in [1.165, 1.54) is 0 Å². The molecule has 1 spiro atoms. The number of rotatable bonds is 1. The van der Waals surface area contributed by atoms with Gasteiger partial charge in [0.1, 0.15) is 5.78 Å². The summed E-state index contributed by atoms with van der Waals surface area (Å²) >= 11 is 18.4. The van der Waals surface area contributed by atoms with Crippen molar-refractivity contribution in [2.24, 2.45) is 0 Å². The van der Waals surface area contributed by atoms with Crippen LogP contribution in [-0.2, 0) is 15.0 Å². The second kappa shape index (κ2) is 6.01. The number of carbonyl (C=O) groups excluding carboxylic acids is 2. The Labute approximate surface area is 160 Å². The number of hydrogen-bond acceptors (Lipinski definition) is 2. The van der Waals surface area contributed by atoms with E-state index in [2.05, 4.69) is 5.32 Å². The zero-order valence-corrected chi connectivity index (χ0v) is 15.4. The largest absolute Gasteiger partial charge is 0.325 e. The average Bonchev–Trinajstić information content (AvgIpc) is 2.80. The molecule has 1 amide bonds. The molecule has 3 nitrogen and oxygen atoms in total. The number of hydrogen-bond donors (Lipinski definition) is 1. The molecule has 4 rings (SSSR count). The number of amides is 1. The summed E-state index contributed by atoms with van der Waals surface area (Å²) in [4.78, 5) is 25.3. The van der Waals surface area contributed by atoms with Crippen LogP contribution in [0.3, 0.4) is 0 Å². The van der Waals surface area contributed by atoms with Crippen molar-refractivity contribution in [2.75, 3.05) is 5.32 Å². The van der Waals surface area contributed by atoms with E-state index < -0.39 is 5.41 Å². The quantitative estimate of drug-likeness (QED) is 0.706. The third-order valence-electron chi connectivity index (χ3n) is 5.23. The van der Waals surface area contributed by atoms with E-state index in [4.69, 9.17) is 34.8 Å². The molecule has 6 heteroatoms. The van der Waals surface area contributed by atoms with Crippen molar-refractivity contribution in [3.63, 3.8) is 0 Å². The number of ketones is 1. The van der Waals surface area contributed by atoms with Gasteiger partial charge in [0.05, 0.1) is 5.41 Å². The van der Waals surface area contributed by atoms with Gasteiger partial charge in [0.2, 0.25) is 5.91 Å². The summed E-state index contributed by atoms with van der Waals surface area (Å²) in [5.74, 6) is -0.271. The SMILES string of the molecule is O=C1CC[C@@]2(C(=O)Nc3cc(Cl)ccc32)[C@H](c2cc(Cl)cc(Cl)c2)C1. The van der Waals surface area contributed by atoms with Crippen molar-refractivity contribution < 1.29 is 9.59 Å². The maximum absolute atomic E-state index is 13.0. The van der Waals surface area contributed by atoms with Gasteiger partial charge < -0.3 is 5.32 Å². The Bertz CT molecular complexity index is 891. The molecule has 128 valence electrons. The first-order chi connectivity index (χ1) is 11.9. The van der Waals surface area contributed by atoms with Crippen LogP contribution in [0, 0.1) is 0 Å². The first-order valence-corrected chi connectivity index (χ1v) is 9.13. The lowest BCUT2D eigenvalue weighted by Gasteiger charge is -2.39. The summed E-state index contributed by atoms with van der Waals surface area (Å²) in [5, 5.41) is 4.48. The number of halogens is 3. The summed E-state index contributed by atoms with van der Waals surface area (Å²) < 4.78 is 0. The highest BCUT2D eigenvalue weighted by molar-refractivity contribution is 6.34. The van der Waals surface area contributed by atoms with Crippen molar-refractivity contribution in [3.05, 3.63) is 62.6 Å². The lowest BCUT2D eigenvalue weighted by atomic mass is 9.60. The standard InChI is InChI=1S/C19H14Cl3NO2/c20-11-1-2-15-17(8-11)23-18(25)19(15)4-3-14(24)9-16(19)10-5-12(21)7-13(22)6-10/h1-2,5-8,16H,3-4,9H2,(H,23,25)/t16-,19-/m0/s1. The van der Waals surface area contributed by atoms with Crippen LogP contribution in [0.15, 0.2) is 36.4 Å². The second-order valence-corrected chi connectivity index (χ2v) is 7.92. The van der Waals surface area contributed by atoms with Crippen LogP contribution in [0.5, 0.6) is 0 Å². The Morgan fingerprint density at radius 3 is 2.40 bits per heavy atom. The Morgan fingerprint density at radius 2 is 1.68 bits per heavy atom.